The molecular formula is C15H17N3O5S. The zero-order valence-electron chi connectivity index (χ0n) is 13.4. The lowest BCUT2D eigenvalue weighted by atomic mass is 10.1. The van der Waals surface area contributed by atoms with Crippen LogP contribution in [0.1, 0.15) is 28.9 Å². The minimum absolute atomic E-state index is 0.0284. The quantitative estimate of drug-likeness (QED) is 0.464. The number of aryl methyl sites for hydroxylation is 1. The third kappa shape index (κ3) is 3.17. The van der Waals surface area contributed by atoms with Gasteiger partial charge in [-0.25, -0.2) is 4.68 Å². The number of hydrogen-bond acceptors (Lipinski definition) is 6. The zero-order valence-corrected chi connectivity index (χ0v) is 14.2. The molecule has 8 nitrogen and oxygen atoms in total. The fraction of sp³-hybridized carbons (Fsp3) is 0.400. The molecule has 1 aliphatic rings. The van der Waals surface area contributed by atoms with Crippen LogP contribution in [0.3, 0.4) is 0 Å². The van der Waals surface area contributed by atoms with Gasteiger partial charge in [0, 0.05) is 17.8 Å². The van der Waals surface area contributed by atoms with E-state index in [-0.39, 0.29) is 12.3 Å². The molecule has 1 heterocycles. The smallest absolute Gasteiger partial charge is 0.264 e. The molecule has 3 rings (SSSR count). The van der Waals surface area contributed by atoms with Gasteiger partial charge in [-0.2, -0.15) is 13.5 Å². The van der Waals surface area contributed by atoms with Gasteiger partial charge in [-0.15, -0.1) is 0 Å². The monoisotopic (exact) mass is 351 g/mol. The minimum Gasteiger partial charge on any atom is -0.264 e. The van der Waals surface area contributed by atoms with Gasteiger partial charge in [-0.1, -0.05) is 0 Å². The van der Waals surface area contributed by atoms with Gasteiger partial charge in [0.2, 0.25) is 0 Å². The summed E-state index contributed by atoms with van der Waals surface area (Å²) in [5.41, 5.74) is 4.14. The third-order valence-electron chi connectivity index (χ3n) is 4.04. The number of hydrogen-bond donors (Lipinski definition) is 0. The van der Waals surface area contributed by atoms with E-state index in [9.17, 15) is 18.5 Å². The number of fused-ring (bicyclic) bond motifs is 1. The first-order valence-corrected chi connectivity index (χ1v) is 9.27. The van der Waals surface area contributed by atoms with Crippen molar-refractivity contribution in [1.82, 2.24) is 9.78 Å². The Kier molecular flexibility index (Phi) is 4.14. The molecule has 0 unspecified atom stereocenters. The van der Waals surface area contributed by atoms with Crippen molar-refractivity contribution >= 4 is 15.8 Å². The largest absolute Gasteiger partial charge is 0.269 e. The second-order valence-corrected chi connectivity index (χ2v) is 7.48. The molecule has 24 heavy (non-hydrogen) atoms. The van der Waals surface area contributed by atoms with Crippen LogP contribution in [0.2, 0.25) is 0 Å². The van der Waals surface area contributed by atoms with Crippen LogP contribution in [-0.2, 0) is 33.7 Å². The molecule has 0 bridgehead atoms. The Hall–Kier alpha value is -2.26. The third-order valence-corrected chi connectivity index (χ3v) is 4.59. The maximum Gasteiger partial charge on any atom is 0.269 e. The molecule has 0 radical (unpaired) electrons. The number of nitro benzene ring substituents is 1. The lowest BCUT2D eigenvalue weighted by Crippen LogP contribution is -2.06. The Morgan fingerprint density at radius 3 is 2.75 bits per heavy atom. The highest BCUT2D eigenvalue weighted by Crippen LogP contribution is 2.30. The Morgan fingerprint density at radius 2 is 2.12 bits per heavy atom. The van der Waals surface area contributed by atoms with Crippen molar-refractivity contribution in [1.29, 1.82) is 0 Å². The number of non-ortho nitro benzene ring substituents is 1. The average Bonchev–Trinajstić information content (AvgIpc) is 3.07. The molecule has 128 valence electrons. The van der Waals surface area contributed by atoms with Gasteiger partial charge >= 0.3 is 0 Å². The Balaban J connectivity index is 2.02. The molecule has 0 amide bonds. The van der Waals surface area contributed by atoms with Crippen LogP contribution < -0.4 is 0 Å². The van der Waals surface area contributed by atoms with E-state index in [4.69, 9.17) is 4.18 Å². The zero-order chi connectivity index (χ0) is 17.5. The molecule has 1 aliphatic carbocycles. The fourth-order valence-corrected chi connectivity index (χ4v) is 3.31. The standard InChI is InChI=1S/C15H17N3O5S/c1-10-8-11(18(19)20)6-7-14(10)17-15-5-3-4-12(15)13(16-17)9-23-24(2,21)22/h6-8H,3-5,9H2,1-2H3. The van der Waals surface area contributed by atoms with Crippen molar-refractivity contribution in [3.8, 4) is 5.69 Å². The van der Waals surface area contributed by atoms with Crippen molar-refractivity contribution < 1.29 is 17.5 Å². The first-order chi connectivity index (χ1) is 11.3. The number of rotatable bonds is 5. The van der Waals surface area contributed by atoms with Gasteiger partial charge in [-0.3, -0.25) is 14.3 Å². The summed E-state index contributed by atoms with van der Waals surface area (Å²) in [5, 5.41) is 15.4. The van der Waals surface area contributed by atoms with Crippen LogP contribution in [0.15, 0.2) is 18.2 Å². The molecule has 1 aromatic heterocycles. The maximum atomic E-state index is 11.2. The van der Waals surface area contributed by atoms with Gasteiger partial charge < -0.3 is 0 Å². The van der Waals surface area contributed by atoms with E-state index in [1.54, 1.807) is 17.7 Å². The molecule has 0 saturated carbocycles. The van der Waals surface area contributed by atoms with E-state index in [2.05, 4.69) is 5.10 Å². The second kappa shape index (κ2) is 5.99. The van der Waals surface area contributed by atoms with Crippen LogP contribution in [0.25, 0.3) is 5.69 Å². The van der Waals surface area contributed by atoms with Crippen molar-refractivity contribution in [3.05, 3.63) is 50.8 Å². The van der Waals surface area contributed by atoms with Gasteiger partial charge in [-0.05, 0) is 43.4 Å². The number of nitro groups is 1. The summed E-state index contributed by atoms with van der Waals surface area (Å²) in [6.45, 7) is 1.69. The predicted molar refractivity (Wildman–Crippen MR) is 86.6 cm³/mol. The molecule has 0 atom stereocenters. The average molecular weight is 351 g/mol. The van der Waals surface area contributed by atoms with Crippen molar-refractivity contribution in [3.63, 3.8) is 0 Å². The first kappa shape index (κ1) is 16.6. The Morgan fingerprint density at radius 1 is 1.38 bits per heavy atom. The number of aromatic nitrogens is 2. The molecular weight excluding hydrogens is 334 g/mol. The van der Waals surface area contributed by atoms with Gasteiger partial charge in [0.05, 0.1) is 22.6 Å². The number of nitrogens with zero attached hydrogens (tertiary/aromatic N) is 3. The molecule has 2 aromatic rings. The van der Waals surface area contributed by atoms with Crippen molar-refractivity contribution in [2.24, 2.45) is 0 Å². The van der Waals surface area contributed by atoms with E-state index in [0.29, 0.717) is 5.69 Å². The van der Waals surface area contributed by atoms with Gasteiger partial charge in [0.25, 0.3) is 15.8 Å². The van der Waals surface area contributed by atoms with Crippen LogP contribution in [0, 0.1) is 17.0 Å². The fourth-order valence-electron chi connectivity index (χ4n) is 2.98. The SMILES string of the molecule is Cc1cc([N+](=O)[O-])ccc1-n1nc(COS(C)(=O)=O)c2c1CCC2. The summed E-state index contributed by atoms with van der Waals surface area (Å²) in [7, 11) is -3.54. The summed E-state index contributed by atoms with van der Waals surface area (Å²) in [6.07, 6.45) is 3.62. The topological polar surface area (TPSA) is 104 Å². The molecule has 9 heteroatoms. The molecule has 0 aliphatic heterocycles. The van der Waals surface area contributed by atoms with Gasteiger partial charge in [0.15, 0.2) is 0 Å². The molecule has 0 fully saturated rings. The van der Waals surface area contributed by atoms with Crippen LogP contribution >= 0.6 is 0 Å². The van der Waals surface area contributed by atoms with E-state index in [1.807, 2.05) is 0 Å². The van der Waals surface area contributed by atoms with E-state index in [0.717, 1.165) is 48.0 Å². The van der Waals surface area contributed by atoms with Crippen LogP contribution in [-0.4, -0.2) is 29.4 Å². The maximum absolute atomic E-state index is 11.2. The van der Waals surface area contributed by atoms with E-state index < -0.39 is 15.0 Å². The summed E-state index contributed by atoms with van der Waals surface area (Å²) >= 11 is 0. The highest BCUT2D eigenvalue weighted by Gasteiger charge is 2.25. The first-order valence-electron chi connectivity index (χ1n) is 7.46. The Bertz CT molecular complexity index is 917. The molecule has 0 spiro atoms. The lowest BCUT2D eigenvalue weighted by Gasteiger charge is -2.09. The Labute approximate surface area is 139 Å². The normalized spacial score (nSPS) is 13.9. The highest BCUT2D eigenvalue weighted by molar-refractivity contribution is 7.85. The van der Waals surface area contributed by atoms with Gasteiger partial charge in [0.1, 0.15) is 6.61 Å². The molecule has 0 saturated heterocycles. The highest BCUT2D eigenvalue weighted by atomic mass is 32.2. The van der Waals surface area contributed by atoms with E-state index >= 15 is 0 Å². The summed E-state index contributed by atoms with van der Waals surface area (Å²) in [4.78, 5) is 10.4. The van der Waals surface area contributed by atoms with E-state index in [1.165, 1.54) is 12.1 Å². The lowest BCUT2D eigenvalue weighted by molar-refractivity contribution is -0.384. The van der Waals surface area contributed by atoms with Crippen molar-refractivity contribution in [2.45, 2.75) is 32.8 Å². The summed E-state index contributed by atoms with van der Waals surface area (Å²) in [6, 6.07) is 4.61. The van der Waals surface area contributed by atoms with Crippen LogP contribution in [0.5, 0.6) is 0 Å². The molecule has 1 aromatic carbocycles. The summed E-state index contributed by atoms with van der Waals surface area (Å²) < 4.78 is 29.1. The van der Waals surface area contributed by atoms with Crippen molar-refractivity contribution in [2.75, 3.05) is 6.26 Å². The number of benzene rings is 1. The minimum atomic E-state index is -3.54. The molecule has 0 N–H and O–H groups in total. The second-order valence-electron chi connectivity index (χ2n) is 5.83. The summed E-state index contributed by atoms with van der Waals surface area (Å²) in [5.74, 6) is 0. The predicted octanol–water partition coefficient (Wildman–Crippen LogP) is 2.05. The van der Waals surface area contributed by atoms with Crippen LogP contribution in [0.4, 0.5) is 5.69 Å².